The molecule has 0 aliphatic carbocycles. The van der Waals surface area contributed by atoms with Crippen LogP contribution in [0.2, 0.25) is 0 Å². The van der Waals surface area contributed by atoms with Crippen LogP contribution in [0.15, 0.2) is 36.5 Å². The van der Waals surface area contributed by atoms with Gasteiger partial charge in [-0.25, -0.2) is 4.79 Å². The molecule has 1 aromatic carbocycles. The van der Waals surface area contributed by atoms with Crippen LogP contribution in [0.1, 0.15) is 54.1 Å². The Labute approximate surface area is 148 Å². The molecule has 0 saturated carbocycles. The van der Waals surface area contributed by atoms with Crippen molar-refractivity contribution in [1.29, 1.82) is 0 Å². The first kappa shape index (κ1) is 20.3. The minimum Gasteiger partial charge on any atom is -0.505 e. The van der Waals surface area contributed by atoms with E-state index in [0.29, 0.717) is 19.6 Å². The zero-order valence-corrected chi connectivity index (χ0v) is 15.2. The first-order valence-corrected chi connectivity index (χ1v) is 8.56. The molecule has 0 saturated heterocycles. The molecular formula is C19H26N2O4. The Bertz CT molecular complexity index is 708. The summed E-state index contributed by atoms with van der Waals surface area (Å²) in [7, 11) is 0. The number of nitrogens with zero attached hydrogens (tertiary/aromatic N) is 2. The lowest BCUT2D eigenvalue weighted by Crippen LogP contribution is -2.39. The zero-order valence-electron chi connectivity index (χ0n) is 15.2. The molecule has 0 atom stereocenters. The quantitative estimate of drug-likeness (QED) is 0.889. The molecule has 136 valence electrons. The molecule has 3 rings (SSSR count). The summed E-state index contributed by atoms with van der Waals surface area (Å²) >= 11 is 0. The van der Waals surface area contributed by atoms with Crippen LogP contribution < -0.4 is 0 Å². The summed E-state index contributed by atoms with van der Waals surface area (Å²) in [6, 6.07) is 9.53. The fourth-order valence-electron chi connectivity index (χ4n) is 2.54. The number of fused-ring (bicyclic) bond motifs is 1. The van der Waals surface area contributed by atoms with Gasteiger partial charge in [-0.1, -0.05) is 58.0 Å². The van der Waals surface area contributed by atoms with E-state index in [2.05, 4.69) is 0 Å². The van der Waals surface area contributed by atoms with Crippen molar-refractivity contribution in [2.75, 3.05) is 6.54 Å². The first-order valence-electron chi connectivity index (χ1n) is 8.56. The highest BCUT2D eigenvalue weighted by Crippen LogP contribution is 2.29. The molecule has 25 heavy (non-hydrogen) atoms. The van der Waals surface area contributed by atoms with Gasteiger partial charge in [-0.2, -0.15) is 0 Å². The van der Waals surface area contributed by atoms with Gasteiger partial charge in [-0.05, 0) is 5.56 Å². The van der Waals surface area contributed by atoms with Crippen LogP contribution in [0.3, 0.4) is 0 Å². The van der Waals surface area contributed by atoms with Crippen LogP contribution in [-0.2, 0) is 13.1 Å². The maximum atomic E-state index is 12.4. The van der Waals surface area contributed by atoms with E-state index in [0.717, 1.165) is 5.56 Å². The molecule has 0 radical (unpaired) electrons. The molecule has 1 amide bonds. The van der Waals surface area contributed by atoms with E-state index in [1.165, 1.54) is 10.8 Å². The molecule has 0 fully saturated rings. The number of aromatic nitrogens is 1. The molecule has 2 heterocycles. The Kier molecular flexibility index (Phi) is 7.72. The second-order valence-electron chi connectivity index (χ2n) is 4.95. The number of rotatable bonds is 3. The number of amides is 1. The van der Waals surface area contributed by atoms with Crippen LogP contribution >= 0.6 is 0 Å². The van der Waals surface area contributed by atoms with Crippen LogP contribution in [0.4, 0.5) is 0 Å². The summed E-state index contributed by atoms with van der Waals surface area (Å²) < 4.78 is 1.50. The highest BCUT2D eigenvalue weighted by Gasteiger charge is 2.31. The number of benzene rings is 1. The number of carbonyl (C=O) groups excluding carboxylic acids is 1. The molecule has 6 nitrogen and oxygen atoms in total. The average Bonchev–Trinajstić information content (AvgIpc) is 2.99. The third kappa shape index (κ3) is 4.41. The van der Waals surface area contributed by atoms with Crippen molar-refractivity contribution in [2.45, 2.75) is 40.8 Å². The fraction of sp³-hybridized carbons (Fsp3) is 0.368. The van der Waals surface area contributed by atoms with Gasteiger partial charge in [-0.15, -0.1) is 0 Å². The first-order chi connectivity index (χ1) is 12.1. The lowest BCUT2D eigenvalue weighted by molar-refractivity contribution is 0.0684. The molecule has 0 unspecified atom stereocenters. The van der Waals surface area contributed by atoms with Gasteiger partial charge < -0.3 is 19.7 Å². The van der Waals surface area contributed by atoms with Crippen molar-refractivity contribution < 1.29 is 19.8 Å². The zero-order chi connectivity index (χ0) is 19.0. The Hall–Kier alpha value is -2.76. The molecule has 1 aromatic heterocycles. The topological polar surface area (TPSA) is 82.8 Å². The van der Waals surface area contributed by atoms with Gasteiger partial charge in [0.25, 0.3) is 5.91 Å². The lowest BCUT2D eigenvalue weighted by atomic mass is 10.2. The molecule has 2 aromatic rings. The van der Waals surface area contributed by atoms with Gasteiger partial charge in [0, 0.05) is 25.8 Å². The highest BCUT2D eigenvalue weighted by atomic mass is 16.4. The normalized spacial score (nSPS) is 12.3. The van der Waals surface area contributed by atoms with Crippen molar-refractivity contribution in [3.8, 4) is 5.75 Å². The predicted molar refractivity (Wildman–Crippen MR) is 96.9 cm³/mol. The van der Waals surface area contributed by atoms with Crippen molar-refractivity contribution in [1.82, 2.24) is 9.47 Å². The van der Waals surface area contributed by atoms with E-state index >= 15 is 0 Å². The summed E-state index contributed by atoms with van der Waals surface area (Å²) in [6.07, 6.45) is 1.31. The van der Waals surface area contributed by atoms with Gasteiger partial charge in [0.2, 0.25) is 0 Å². The number of hydrogen-bond acceptors (Lipinski definition) is 3. The predicted octanol–water partition coefficient (Wildman–Crippen LogP) is 3.60. The van der Waals surface area contributed by atoms with Crippen LogP contribution in [0, 0.1) is 0 Å². The van der Waals surface area contributed by atoms with Gasteiger partial charge in [0.15, 0.2) is 11.4 Å². The second kappa shape index (κ2) is 9.52. The minimum atomic E-state index is -1.24. The Morgan fingerprint density at radius 1 is 1.08 bits per heavy atom. The third-order valence-electron chi connectivity index (χ3n) is 3.60. The summed E-state index contributed by atoms with van der Waals surface area (Å²) in [4.78, 5) is 25.1. The van der Waals surface area contributed by atoms with E-state index in [1.807, 2.05) is 58.0 Å². The van der Waals surface area contributed by atoms with Crippen molar-refractivity contribution in [2.24, 2.45) is 0 Å². The number of hydrogen-bond donors (Lipinski definition) is 2. The number of carboxylic acid groups (broad SMARTS) is 1. The minimum absolute atomic E-state index is 0.0505. The molecule has 0 bridgehead atoms. The van der Waals surface area contributed by atoms with E-state index in [1.54, 1.807) is 4.90 Å². The number of aromatic hydroxyl groups is 1. The molecule has 2 N–H and O–H groups in total. The second-order valence-corrected chi connectivity index (χ2v) is 4.95. The van der Waals surface area contributed by atoms with E-state index in [9.17, 15) is 14.7 Å². The smallest absolute Gasteiger partial charge is 0.341 e. The SMILES string of the molecule is CC.CC.O=C(O)c1cn2c(c1O)C(=O)N(Cc1ccccc1)CC2. The van der Waals surface area contributed by atoms with Crippen LogP contribution in [0.5, 0.6) is 5.75 Å². The Morgan fingerprint density at radius 2 is 1.68 bits per heavy atom. The van der Waals surface area contributed by atoms with E-state index < -0.39 is 11.7 Å². The lowest BCUT2D eigenvalue weighted by Gasteiger charge is -2.28. The van der Waals surface area contributed by atoms with Crippen molar-refractivity contribution in [3.63, 3.8) is 0 Å². The summed E-state index contributed by atoms with van der Waals surface area (Å²) in [6.45, 7) is 9.38. The largest absolute Gasteiger partial charge is 0.505 e. The fourth-order valence-corrected chi connectivity index (χ4v) is 2.54. The maximum absolute atomic E-state index is 12.4. The molecular weight excluding hydrogens is 320 g/mol. The van der Waals surface area contributed by atoms with Crippen LogP contribution in [0.25, 0.3) is 0 Å². The summed E-state index contributed by atoms with van der Waals surface area (Å²) in [5.41, 5.74) is 0.804. The van der Waals surface area contributed by atoms with E-state index in [4.69, 9.17) is 5.11 Å². The summed E-state index contributed by atoms with van der Waals surface area (Å²) in [5.74, 6) is -2.04. The van der Waals surface area contributed by atoms with Crippen molar-refractivity contribution in [3.05, 3.63) is 53.3 Å². The van der Waals surface area contributed by atoms with Crippen LogP contribution in [-0.4, -0.2) is 38.1 Å². The molecule has 1 aliphatic rings. The molecule has 1 aliphatic heterocycles. The third-order valence-corrected chi connectivity index (χ3v) is 3.60. The molecule has 6 heteroatoms. The monoisotopic (exact) mass is 346 g/mol. The van der Waals surface area contributed by atoms with Gasteiger partial charge in [-0.3, -0.25) is 4.79 Å². The number of carboxylic acids is 1. The standard InChI is InChI=1S/C15H14N2O4.2C2H6/c18-13-11(15(20)21)9-16-6-7-17(14(19)12(13)16)8-10-4-2-1-3-5-10;2*1-2/h1-5,9,18H,6-8H2,(H,20,21);2*1-2H3. The average molecular weight is 346 g/mol. The Morgan fingerprint density at radius 3 is 2.24 bits per heavy atom. The van der Waals surface area contributed by atoms with Gasteiger partial charge in [0.1, 0.15) is 5.56 Å². The molecule has 0 spiro atoms. The highest BCUT2D eigenvalue weighted by molar-refractivity contribution is 6.01. The van der Waals surface area contributed by atoms with Gasteiger partial charge >= 0.3 is 5.97 Å². The van der Waals surface area contributed by atoms with E-state index in [-0.39, 0.29) is 17.2 Å². The number of carbonyl (C=O) groups is 2. The Balaban J connectivity index is 0.000000730. The maximum Gasteiger partial charge on any atom is 0.341 e. The van der Waals surface area contributed by atoms with Gasteiger partial charge in [0.05, 0.1) is 0 Å². The summed E-state index contributed by atoms with van der Waals surface area (Å²) in [5, 5.41) is 19.0. The number of aromatic carboxylic acids is 1. The van der Waals surface area contributed by atoms with Crippen molar-refractivity contribution >= 4 is 11.9 Å².